The van der Waals surface area contributed by atoms with Gasteiger partial charge >= 0.3 is 0 Å². The Morgan fingerprint density at radius 3 is 3.00 bits per heavy atom. The van der Waals surface area contributed by atoms with Gasteiger partial charge in [-0.2, -0.15) is 0 Å². The van der Waals surface area contributed by atoms with E-state index in [0.717, 1.165) is 44.1 Å². The van der Waals surface area contributed by atoms with Crippen LogP contribution >= 0.6 is 11.3 Å². The number of nitrogens with zero attached hydrogens (tertiary/aromatic N) is 4. The fourth-order valence-electron chi connectivity index (χ4n) is 3.91. The van der Waals surface area contributed by atoms with Crippen LogP contribution in [0.3, 0.4) is 0 Å². The summed E-state index contributed by atoms with van der Waals surface area (Å²) in [5, 5.41) is 2.12. The minimum Gasteiger partial charge on any atom is -0.364 e. The fourth-order valence-corrected chi connectivity index (χ4v) is 4.65. The summed E-state index contributed by atoms with van der Waals surface area (Å²) in [5.41, 5.74) is 2.24. The maximum atomic E-state index is 6.31. The lowest BCUT2D eigenvalue weighted by Crippen LogP contribution is -2.44. The normalized spacial score (nSPS) is 23.2. The van der Waals surface area contributed by atoms with Crippen LogP contribution in [-0.4, -0.2) is 38.1 Å². The highest BCUT2D eigenvalue weighted by Crippen LogP contribution is 2.36. The number of likely N-dealkylation sites (tertiary alicyclic amines) is 1. The molecular weight excluding hydrogens is 332 g/mol. The highest BCUT2D eigenvalue weighted by Gasteiger charge is 2.43. The zero-order valence-electron chi connectivity index (χ0n) is 14.0. The van der Waals surface area contributed by atoms with Crippen LogP contribution < -0.4 is 0 Å². The molecule has 6 heteroatoms. The van der Waals surface area contributed by atoms with Gasteiger partial charge in [0.2, 0.25) is 0 Å². The Hall–Kier alpha value is -2.02. The zero-order chi connectivity index (χ0) is 16.7. The van der Waals surface area contributed by atoms with E-state index in [4.69, 9.17) is 4.74 Å². The number of aromatic nitrogens is 3. The van der Waals surface area contributed by atoms with Gasteiger partial charge < -0.3 is 9.30 Å². The molecule has 1 unspecified atom stereocenters. The van der Waals surface area contributed by atoms with Crippen molar-refractivity contribution in [1.82, 2.24) is 19.4 Å². The molecule has 5 nitrogen and oxygen atoms in total. The van der Waals surface area contributed by atoms with Crippen molar-refractivity contribution in [3.63, 3.8) is 0 Å². The van der Waals surface area contributed by atoms with Crippen LogP contribution in [0.2, 0.25) is 0 Å². The fraction of sp³-hybridized carbons (Fsp3) is 0.368. The number of thiophene rings is 1. The molecule has 0 radical (unpaired) electrons. The largest absolute Gasteiger partial charge is 0.364 e. The Morgan fingerprint density at radius 1 is 1.16 bits per heavy atom. The average Bonchev–Trinajstić information content (AvgIpc) is 3.36. The number of ether oxygens (including phenoxy) is 1. The van der Waals surface area contributed by atoms with Crippen molar-refractivity contribution in [1.29, 1.82) is 0 Å². The highest BCUT2D eigenvalue weighted by atomic mass is 32.1. The van der Waals surface area contributed by atoms with Gasteiger partial charge in [0.15, 0.2) is 0 Å². The van der Waals surface area contributed by atoms with Crippen LogP contribution in [0.5, 0.6) is 0 Å². The minimum absolute atomic E-state index is 0.103. The lowest BCUT2D eigenvalue weighted by atomic mass is 10.0. The average molecular weight is 352 g/mol. The van der Waals surface area contributed by atoms with Crippen molar-refractivity contribution in [3.8, 4) is 10.6 Å². The third-order valence-electron chi connectivity index (χ3n) is 5.17. The topological polar surface area (TPSA) is 43.2 Å². The molecule has 5 rings (SSSR count). The van der Waals surface area contributed by atoms with Gasteiger partial charge in [0, 0.05) is 25.8 Å². The molecule has 1 spiro atoms. The first-order chi connectivity index (χ1) is 12.3. The van der Waals surface area contributed by atoms with Gasteiger partial charge in [-0.15, -0.1) is 11.3 Å². The van der Waals surface area contributed by atoms with Crippen LogP contribution in [0.4, 0.5) is 0 Å². The summed E-state index contributed by atoms with van der Waals surface area (Å²) in [7, 11) is 0. The molecule has 0 N–H and O–H groups in total. The second-order valence-corrected chi connectivity index (χ2v) is 7.82. The van der Waals surface area contributed by atoms with E-state index in [1.165, 1.54) is 10.6 Å². The molecular formula is C19H20N4OS. The molecule has 0 bridgehead atoms. The zero-order valence-corrected chi connectivity index (χ0v) is 14.8. The van der Waals surface area contributed by atoms with Crippen molar-refractivity contribution in [2.45, 2.75) is 31.7 Å². The van der Waals surface area contributed by atoms with Crippen molar-refractivity contribution in [2.24, 2.45) is 0 Å². The van der Waals surface area contributed by atoms with Gasteiger partial charge in [0.05, 0.1) is 29.0 Å². The second kappa shape index (κ2) is 6.05. The van der Waals surface area contributed by atoms with Gasteiger partial charge in [0.25, 0.3) is 0 Å². The predicted octanol–water partition coefficient (Wildman–Crippen LogP) is 3.18. The summed E-state index contributed by atoms with van der Waals surface area (Å²) >= 11 is 1.77. The molecule has 2 aliphatic heterocycles. The van der Waals surface area contributed by atoms with Crippen LogP contribution in [0, 0.1) is 0 Å². The Morgan fingerprint density at radius 2 is 2.16 bits per heavy atom. The first-order valence-corrected chi connectivity index (χ1v) is 9.54. The number of rotatable bonds is 3. The molecule has 1 saturated heterocycles. The van der Waals surface area contributed by atoms with Gasteiger partial charge in [-0.25, -0.2) is 4.98 Å². The van der Waals surface area contributed by atoms with Crippen molar-refractivity contribution in [2.75, 3.05) is 13.1 Å². The summed E-state index contributed by atoms with van der Waals surface area (Å²) in [5.74, 6) is 1.04. The van der Waals surface area contributed by atoms with Crippen LogP contribution in [-0.2, 0) is 24.4 Å². The van der Waals surface area contributed by atoms with Crippen LogP contribution in [0.25, 0.3) is 10.6 Å². The predicted molar refractivity (Wildman–Crippen MR) is 97.2 cm³/mol. The standard InChI is InChI=1S/C19H20N4OS/c1-2-7-20-15(4-1)11-22-8-6-19(13-22)14-23-16(17-5-3-9-25-17)10-21-18(23)12-24-19/h1-5,7,9-10H,6,8,11-14H2. The maximum absolute atomic E-state index is 6.31. The Labute approximate surface area is 150 Å². The van der Waals surface area contributed by atoms with Crippen molar-refractivity contribution in [3.05, 3.63) is 59.6 Å². The number of hydrogen-bond donors (Lipinski definition) is 0. The molecule has 1 atom stereocenters. The summed E-state index contributed by atoms with van der Waals surface area (Å²) in [6.07, 6.45) is 4.91. The molecule has 2 aliphatic rings. The molecule has 0 aromatic carbocycles. The summed E-state index contributed by atoms with van der Waals surface area (Å²) in [4.78, 5) is 12.8. The van der Waals surface area contributed by atoms with E-state index in [-0.39, 0.29) is 5.60 Å². The van der Waals surface area contributed by atoms with Crippen molar-refractivity contribution >= 4 is 11.3 Å². The molecule has 3 aromatic rings. The van der Waals surface area contributed by atoms with Gasteiger partial charge in [-0.1, -0.05) is 12.1 Å². The summed E-state index contributed by atoms with van der Waals surface area (Å²) in [6, 6.07) is 10.4. The Balaban J connectivity index is 1.36. The number of fused-ring (bicyclic) bond motifs is 1. The molecule has 128 valence electrons. The quantitative estimate of drug-likeness (QED) is 0.726. The maximum Gasteiger partial charge on any atom is 0.135 e. The Bertz CT molecular complexity index is 861. The molecule has 0 amide bonds. The molecule has 25 heavy (non-hydrogen) atoms. The third-order valence-corrected chi connectivity index (χ3v) is 6.07. The molecule has 0 aliphatic carbocycles. The van der Waals surface area contributed by atoms with E-state index in [1.807, 2.05) is 18.5 Å². The van der Waals surface area contributed by atoms with E-state index in [9.17, 15) is 0 Å². The van der Waals surface area contributed by atoms with E-state index in [2.05, 4.69) is 49.1 Å². The number of hydrogen-bond acceptors (Lipinski definition) is 5. The monoisotopic (exact) mass is 352 g/mol. The van der Waals surface area contributed by atoms with Crippen molar-refractivity contribution < 1.29 is 4.74 Å². The Kier molecular flexibility index (Phi) is 3.69. The number of imidazole rings is 1. The van der Waals surface area contributed by atoms with Crippen LogP contribution in [0.15, 0.2) is 48.1 Å². The summed E-state index contributed by atoms with van der Waals surface area (Å²) < 4.78 is 8.67. The lowest BCUT2D eigenvalue weighted by molar-refractivity contribution is -0.0821. The van der Waals surface area contributed by atoms with E-state index < -0.39 is 0 Å². The smallest absolute Gasteiger partial charge is 0.135 e. The lowest BCUT2D eigenvalue weighted by Gasteiger charge is -2.35. The van der Waals surface area contributed by atoms with E-state index >= 15 is 0 Å². The minimum atomic E-state index is -0.103. The molecule has 1 fully saturated rings. The van der Waals surface area contributed by atoms with Gasteiger partial charge in [-0.05, 0) is 30.0 Å². The second-order valence-electron chi connectivity index (χ2n) is 6.88. The first kappa shape index (κ1) is 15.3. The SMILES string of the molecule is c1ccc(CN2CCC3(C2)Cn2c(-c4cccs4)cnc2CO3)nc1. The molecule has 5 heterocycles. The third kappa shape index (κ3) is 2.80. The van der Waals surface area contributed by atoms with E-state index in [1.54, 1.807) is 11.3 Å². The van der Waals surface area contributed by atoms with Gasteiger partial charge in [0.1, 0.15) is 18.0 Å². The first-order valence-electron chi connectivity index (χ1n) is 8.66. The number of pyridine rings is 1. The molecule has 0 saturated carbocycles. The highest BCUT2D eigenvalue weighted by molar-refractivity contribution is 7.13. The van der Waals surface area contributed by atoms with Gasteiger partial charge in [-0.3, -0.25) is 9.88 Å². The summed E-state index contributed by atoms with van der Waals surface area (Å²) in [6.45, 7) is 4.37. The van der Waals surface area contributed by atoms with Crippen LogP contribution in [0.1, 0.15) is 17.9 Å². The van der Waals surface area contributed by atoms with E-state index in [0.29, 0.717) is 6.61 Å². The molecule has 3 aromatic heterocycles.